The second-order valence-electron chi connectivity index (χ2n) is 7.74. The van der Waals surface area contributed by atoms with Crippen LogP contribution in [-0.2, 0) is 15.0 Å². The van der Waals surface area contributed by atoms with Crippen molar-refractivity contribution in [3.63, 3.8) is 0 Å². The van der Waals surface area contributed by atoms with Crippen LogP contribution in [0.15, 0.2) is 0 Å². The van der Waals surface area contributed by atoms with Crippen LogP contribution in [0.25, 0.3) is 0 Å². The summed E-state index contributed by atoms with van der Waals surface area (Å²) >= 11 is 0. The standard InChI is InChI=1S/C18H35N5O4S/c1-3-4-10-16(20-18(19)25)17(24)22-11-13-23(14-12-22)28(26,27)21(2)15-8-6-5-7-9-15/h15-16H,3-14H2,1-2H3,(H3,19,20,25). The van der Waals surface area contributed by atoms with Crippen LogP contribution < -0.4 is 11.1 Å². The molecule has 2 fully saturated rings. The van der Waals surface area contributed by atoms with E-state index in [4.69, 9.17) is 5.73 Å². The summed E-state index contributed by atoms with van der Waals surface area (Å²) in [4.78, 5) is 25.6. The van der Waals surface area contributed by atoms with E-state index in [9.17, 15) is 18.0 Å². The van der Waals surface area contributed by atoms with Gasteiger partial charge in [-0.15, -0.1) is 0 Å². The first kappa shape index (κ1) is 22.9. The molecule has 3 N–H and O–H groups in total. The molecule has 162 valence electrons. The van der Waals surface area contributed by atoms with E-state index in [1.165, 1.54) is 15.0 Å². The van der Waals surface area contributed by atoms with Gasteiger partial charge < -0.3 is 16.0 Å². The van der Waals surface area contributed by atoms with Crippen LogP contribution in [0.1, 0.15) is 58.3 Å². The number of hydrogen-bond acceptors (Lipinski definition) is 4. The molecule has 0 aromatic heterocycles. The summed E-state index contributed by atoms with van der Waals surface area (Å²) in [6.45, 7) is 3.18. The van der Waals surface area contributed by atoms with Crippen molar-refractivity contribution in [3.05, 3.63) is 0 Å². The van der Waals surface area contributed by atoms with Gasteiger partial charge in [-0.3, -0.25) is 4.79 Å². The van der Waals surface area contributed by atoms with Crippen molar-refractivity contribution in [3.8, 4) is 0 Å². The van der Waals surface area contributed by atoms with Crippen LogP contribution in [0.5, 0.6) is 0 Å². The number of urea groups is 1. The van der Waals surface area contributed by atoms with Gasteiger partial charge in [0.15, 0.2) is 0 Å². The van der Waals surface area contributed by atoms with Crippen LogP contribution >= 0.6 is 0 Å². The average molecular weight is 418 g/mol. The highest BCUT2D eigenvalue weighted by Crippen LogP contribution is 2.25. The lowest BCUT2D eigenvalue weighted by Gasteiger charge is -2.39. The van der Waals surface area contributed by atoms with E-state index in [1.54, 1.807) is 11.9 Å². The Labute approximate surface area is 168 Å². The average Bonchev–Trinajstić information content (AvgIpc) is 2.70. The van der Waals surface area contributed by atoms with Gasteiger partial charge in [0.05, 0.1) is 0 Å². The zero-order valence-electron chi connectivity index (χ0n) is 17.1. The predicted molar refractivity (Wildman–Crippen MR) is 108 cm³/mol. The number of primary amides is 1. The summed E-state index contributed by atoms with van der Waals surface area (Å²) in [7, 11) is -1.86. The fraction of sp³-hybridized carbons (Fsp3) is 0.889. The number of nitrogens with two attached hydrogens (primary N) is 1. The zero-order valence-corrected chi connectivity index (χ0v) is 17.9. The molecule has 0 aromatic rings. The number of carbonyl (C=O) groups is 2. The minimum atomic E-state index is -3.53. The van der Waals surface area contributed by atoms with Gasteiger partial charge in [0.1, 0.15) is 6.04 Å². The summed E-state index contributed by atoms with van der Waals surface area (Å²) < 4.78 is 28.9. The molecule has 1 aliphatic carbocycles. The Balaban J connectivity index is 1.94. The van der Waals surface area contributed by atoms with Gasteiger partial charge in [-0.2, -0.15) is 17.0 Å². The minimum Gasteiger partial charge on any atom is -0.352 e. The molecule has 1 atom stereocenters. The van der Waals surface area contributed by atoms with Gasteiger partial charge in [0.2, 0.25) is 5.91 Å². The number of amides is 3. The normalized spacial score (nSPS) is 20.9. The van der Waals surface area contributed by atoms with E-state index in [0.29, 0.717) is 19.5 Å². The maximum atomic E-state index is 13.0. The molecule has 2 rings (SSSR count). The van der Waals surface area contributed by atoms with Crippen molar-refractivity contribution in [1.82, 2.24) is 18.8 Å². The second-order valence-corrected chi connectivity index (χ2v) is 9.73. The molecule has 9 nitrogen and oxygen atoms in total. The highest BCUT2D eigenvalue weighted by Gasteiger charge is 2.36. The maximum absolute atomic E-state index is 13.0. The Morgan fingerprint density at radius 3 is 2.29 bits per heavy atom. The Hall–Kier alpha value is -1.39. The van der Waals surface area contributed by atoms with Gasteiger partial charge in [0, 0.05) is 39.3 Å². The smallest absolute Gasteiger partial charge is 0.312 e. The summed E-state index contributed by atoms with van der Waals surface area (Å²) in [5, 5.41) is 2.52. The molecule has 0 spiro atoms. The fourth-order valence-corrected chi connectivity index (χ4v) is 5.59. The van der Waals surface area contributed by atoms with E-state index >= 15 is 0 Å². The van der Waals surface area contributed by atoms with Crippen LogP contribution in [0.2, 0.25) is 0 Å². The molecule has 1 aliphatic heterocycles. The van der Waals surface area contributed by atoms with Crippen molar-refractivity contribution in [2.75, 3.05) is 33.2 Å². The monoisotopic (exact) mass is 417 g/mol. The molecule has 0 radical (unpaired) electrons. The van der Waals surface area contributed by atoms with E-state index in [1.807, 2.05) is 6.92 Å². The number of nitrogens with one attached hydrogen (secondary N) is 1. The number of hydrogen-bond donors (Lipinski definition) is 2. The van der Waals surface area contributed by atoms with E-state index in [2.05, 4.69) is 5.32 Å². The number of piperazine rings is 1. The third-order valence-corrected chi connectivity index (χ3v) is 7.83. The quantitative estimate of drug-likeness (QED) is 0.609. The molecule has 2 aliphatic rings. The number of rotatable bonds is 8. The first-order chi connectivity index (χ1) is 13.3. The molecule has 3 amide bonds. The SMILES string of the molecule is CCCCC(NC(N)=O)C(=O)N1CCN(S(=O)(=O)N(C)C2CCCCC2)CC1. The lowest BCUT2D eigenvalue weighted by atomic mass is 9.96. The van der Waals surface area contributed by atoms with Gasteiger partial charge in [0.25, 0.3) is 10.2 Å². The number of nitrogens with zero attached hydrogens (tertiary/aromatic N) is 3. The molecule has 10 heteroatoms. The third-order valence-electron chi connectivity index (χ3n) is 5.79. The molecule has 0 bridgehead atoms. The molecule has 28 heavy (non-hydrogen) atoms. The van der Waals surface area contributed by atoms with Crippen LogP contribution in [0.3, 0.4) is 0 Å². The summed E-state index contributed by atoms with van der Waals surface area (Å²) in [6, 6.07) is -1.30. The Kier molecular flexibility index (Phi) is 8.51. The minimum absolute atomic E-state index is 0.0663. The molecular weight excluding hydrogens is 382 g/mol. The van der Waals surface area contributed by atoms with Gasteiger partial charge in [-0.05, 0) is 19.3 Å². The molecular formula is C18H35N5O4S. The first-order valence-corrected chi connectivity index (χ1v) is 11.7. The van der Waals surface area contributed by atoms with Gasteiger partial charge in [-0.1, -0.05) is 39.0 Å². The van der Waals surface area contributed by atoms with Gasteiger partial charge in [-0.25, -0.2) is 4.79 Å². The predicted octanol–water partition coefficient (Wildman–Crippen LogP) is 0.867. The van der Waals surface area contributed by atoms with Crippen molar-refractivity contribution >= 4 is 22.1 Å². The molecule has 1 unspecified atom stereocenters. The van der Waals surface area contributed by atoms with E-state index < -0.39 is 22.3 Å². The summed E-state index contributed by atoms with van der Waals surface area (Å²) in [5.41, 5.74) is 5.20. The topological polar surface area (TPSA) is 116 Å². The van der Waals surface area contributed by atoms with E-state index in [-0.39, 0.29) is 25.0 Å². The Morgan fingerprint density at radius 1 is 1.14 bits per heavy atom. The first-order valence-electron chi connectivity index (χ1n) is 10.3. The maximum Gasteiger partial charge on any atom is 0.312 e. The van der Waals surface area contributed by atoms with E-state index in [0.717, 1.165) is 38.5 Å². The zero-order chi connectivity index (χ0) is 20.7. The number of carbonyl (C=O) groups excluding carboxylic acids is 2. The van der Waals surface area contributed by atoms with Crippen molar-refractivity contribution in [1.29, 1.82) is 0 Å². The van der Waals surface area contributed by atoms with Crippen molar-refractivity contribution in [2.24, 2.45) is 5.73 Å². The highest BCUT2D eigenvalue weighted by molar-refractivity contribution is 7.86. The van der Waals surface area contributed by atoms with Crippen LogP contribution in [0.4, 0.5) is 4.79 Å². The van der Waals surface area contributed by atoms with Gasteiger partial charge >= 0.3 is 6.03 Å². The van der Waals surface area contributed by atoms with Crippen molar-refractivity contribution < 1.29 is 18.0 Å². The third kappa shape index (κ3) is 5.81. The lowest BCUT2D eigenvalue weighted by molar-refractivity contribution is -0.134. The Bertz CT molecular complexity index is 628. The lowest BCUT2D eigenvalue weighted by Crippen LogP contribution is -2.58. The molecule has 1 heterocycles. The molecule has 1 saturated heterocycles. The molecule has 1 saturated carbocycles. The van der Waals surface area contributed by atoms with Crippen LogP contribution in [0, 0.1) is 0 Å². The van der Waals surface area contributed by atoms with Crippen molar-refractivity contribution in [2.45, 2.75) is 70.4 Å². The highest BCUT2D eigenvalue weighted by atomic mass is 32.2. The van der Waals surface area contributed by atoms with Crippen LogP contribution in [-0.4, -0.2) is 79.2 Å². The largest absolute Gasteiger partial charge is 0.352 e. The fourth-order valence-electron chi connectivity index (χ4n) is 4.01. The Morgan fingerprint density at radius 2 is 1.75 bits per heavy atom. The second kappa shape index (κ2) is 10.4. The summed E-state index contributed by atoms with van der Waals surface area (Å²) in [6.07, 6.45) is 7.36. The molecule has 0 aromatic carbocycles. The summed E-state index contributed by atoms with van der Waals surface area (Å²) in [5.74, 6) is -0.190. The number of unbranched alkanes of at least 4 members (excludes halogenated alkanes) is 1.